The van der Waals surface area contributed by atoms with Gasteiger partial charge in [0.25, 0.3) is 0 Å². The maximum atomic E-state index is 5.79. The van der Waals surface area contributed by atoms with Crippen molar-refractivity contribution in [3.05, 3.63) is 30.4 Å². The molecule has 0 saturated carbocycles. The summed E-state index contributed by atoms with van der Waals surface area (Å²) in [5.74, 6) is 1.54. The number of hydrogen-bond acceptors (Lipinski definition) is 8. The van der Waals surface area contributed by atoms with Crippen molar-refractivity contribution in [2.75, 3.05) is 76.2 Å². The third kappa shape index (κ3) is 4.83. The monoisotopic (exact) mass is 397 g/mol. The quantitative estimate of drug-likeness (QED) is 0.777. The Balaban J connectivity index is 1.43. The van der Waals surface area contributed by atoms with Crippen LogP contribution in [-0.4, -0.2) is 90.3 Å². The molecule has 8 nitrogen and oxygen atoms in total. The molecule has 2 aromatic heterocycles. The molecule has 2 aromatic rings. The van der Waals surface area contributed by atoms with E-state index in [9.17, 15) is 0 Å². The van der Waals surface area contributed by atoms with Gasteiger partial charge in [0.2, 0.25) is 0 Å². The van der Waals surface area contributed by atoms with Gasteiger partial charge in [0, 0.05) is 69.7 Å². The Bertz CT molecular complexity index is 784. The molecule has 4 rings (SSSR count). The summed E-state index contributed by atoms with van der Waals surface area (Å²) in [6, 6.07) is 3.86. The van der Waals surface area contributed by atoms with E-state index in [-0.39, 0.29) is 0 Å². The fraction of sp³-hybridized carbons (Fsp3) is 0.571. The Kier molecular flexibility index (Phi) is 6.53. The molecule has 0 amide bonds. The normalized spacial score (nSPS) is 18.9. The molecule has 0 radical (unpaired) electrons. The third-order valence-electron chi connectivity index (χ3n) is 5.82. The molecule has 29 heavy (non-hydrogen) atoms. The van der Waals surface area contributed by atoms with Crippen LogP contribution >= 0.6 is 0 Å². The fourth-order valence-electron chi connectivity index (χ4n) is 4.06. The van der Waals surface area contributed by atoms with Crippen LogP contribution in [0.3, 0.4) is 0 Å². The van der Waals surface area contributed by atoms with Gasteiger partial charge in [-0.2, -0.15) is 0 Å². The van der Waals surface area contributed by atoms with Gasteiger partial charge < -0.3 is 15.4 Å². The SMILES string of the molecule is CCc1ncnc(N2CCN(CCN3CCOCC3)CC2)c1-c1ccc(N)nc1. The van der Waals surface area contributed by atoms with Crippen molar-refractivity contribution in [2.45, 2.75) is 13.3 Å². The van der Waals surface area contributed by atoms with E-state index >= 15 is 0 Å². The first-order valence-corrected chi connectivity index (χ1v) is 10.6. The topological polar surface area (TPSA) is 83.6 Å². The summed E-state index contributed by atoms with van der Waals surface area (Å²) in [5.41, 5.74) is 8.95. The lowest BCUT2D eigenvalue weighted by atomic mass is 10.0. The van der Waals surface area contributed by atoms with E-state index in [1.54, 1.807) is 6.33 Å². The Hall–Kier alpha value is -2.29. The summed E-state index contributed by atoms with van der Waals surface area (Å²) in [6.07, 6.45) is 4.37. The van der Waals surface area contributed by atoms with Crippen LogP contribution in [0.5, 0.6) is 0 Å². The fourth-order valence-corrected chi connectivity index (χ4v) is 4.06. The molecule has 2 saturated heterocycles. The Morgan fingerprint density at radius 1 is 0.931 bits per heavy atom. The molecule has 2 fully saturated rings. The number of ether oxygens (including phenoxy) is 1. The van der Waals surface area contributed by atoms with E-state index < -0.39 is 0 Å². The number of hydrogen-bond donors (Lipinski definition) is 1. The minimum atomic E-state index is 0.527. The molecule has 8 heteroatoms. The number of piperazine rings is 1. The van der Waals surface area contributed by atoms with E-state index in [4.69, 9.17) is 10.5 Å². The molecule has 0 aromatic carbocycles. The molecule has 4 heterocycles. The second kappa shape index (κ2) is 9.47. The lowest BCUT2D eigenvalue weighted by Crippen LogP contribution is -2.49. The van der Waals surface area contributed by atoms with Crippen LogP contribution in [0.25, 0.3) is 11.1 Å². The lowest BCUT2D eigenvalue weighted by molar-refractivity contribution is 0.0331. The van der Waals surface area contributed by atoms with Gasteiger partial charge in [0.1, 0.15) is 18.0 Å². The first kappa shape index (κ1) is 20.0. The molecule has 2 aliphatic heterocycles. The second-order valence-corrected chi connectivity index (χ2v) is 7.63. The van der Waals surface area contributed by atoms with Gasteiger partial charge in [-0.05, 0) is 18.6 Å². The summed E-state index contributed by atoms with van der Waals surface area (Å²) in [7, 11) is 0. The van der Waals surface area contributed by atoms with Gasteiger partial charge in [-0.15, -0.1) is 0 Å². The third-order valence-corrected chi connectivity index (χ3v) is 5.82. The number of aryl methyl sites for hydroxylation is 1. The number of anilines is 2. The summed E-state index contributed by atoms with van der Waals surface area (Å²) >= 11 is 0. The molecule has 0 aliphatic carbocycles. The van der Waals surface area contributed by atoms with Crippen molar-refractivity contribution < 1.29 is 4.74 Å². The molecule has 0 spiro atoms. The van der Waals surface area contributed by atoms with Gasteiger partial charge in [-0.1, -0.05) is 6.92 Å². The Labute approximate surface area is 172 Å². The Morgan fingerprint density at radius 3 is 2.31 bits per heavy atom. The van der Waals surface area contributed by atoms with Crippen molar-refractivity contribution in [1.29, 1.82) is 0 Å². The number of nitrogens with two attached hydrogens (primary N) is 1. The molecule has 0 atom stereocenters. The van der Waals surface area contributed by atoms with Gasteiger partial charge >= 0.3 is 0 Å². The minimum absolute atomic E-state index is 0.527. The highest BCUT2D eigenvalue weighted by Crippen LogP contribution is 2.32. The highest BCUT2D eigenvalue weighted by Gasteiger charge is 2.23. The largest absolute Gasteiger partial charge is 0.384 e. The average molecular weight is 398 g/mol. The van der Waals surface area contributed by atoms with Crippen LogP contribution in [0.2, 0.25) is 0 Å². The summed E-state index contributed by atoms with van der Waals surface area (Å²) in [5, 5.41) is 0. The van der Waals surface area contributed by atoms with Crippen molar-refractivity contribution in [3.8, 4) is 11.1 Å². The van der Waals surface area contributed by atoms with Crippen molar-refractivity contribution in [1.82, 2.24) is 24.8 Å². The number of aromatic nitrogens is 3. The van der Waals surface area contributed by atoms with Crippen LogP contribution in [0.4, 0.5) is 11.6 Å². The zero-order chi connectivity index (χ0) is 20.1. The maximum Gasteiger partial charge on any atom is 0.140 e. The van der Waals surface area contributed by atoms with Crippen LogP contribution in [-0.2, 0) is 11.2 Å². The zero-order valence-electron chi connectivity index (χ0n) is 17.3. The van der Waals surface area contributed by atoms with Crippen molar-refractivity contribution >= 4 is 11.6 Å². The van der Waals surface area contributed by atoms with E-state index in [1.165, 1.54) is 0 Å². The maximum absolute atomic E-state index is 5.79. The molecule has 0 unspecified atom stereocenters. The smallest absolute Gasteiger partial charge is 0.140 e. The zero-order valence-corrected chi connectivity index (χ0v) is 17.3. The molecule has 0 bridgehead atoms. The van der Waals surface area contributed by atoms with Crippen LogP contribution < -0.4 is 10.6 Å². The van der Waals surface area contributed by atoms with Crippen LogP contribution in [0.15, 0.2) is 24.7 Å². The Morgan fingerprint density at radius 2 is 1.66 bits per heavy atom. The molecular formula is C21H31N7O. The van der Waals surface area contributed by atoms with E-state index in [0.717, 1.165) is 94.6 Å². The number of nitrogens with zero attached hydrogens (tertiary/aromatic N) is 6. The molecule has 2 N–H and O–H groups in total. The average Bonchev–Trinajstić information content (AvgIpc) is 2.79. The summed E-state index contributed by atoms with van der Waals surface area (Å²) in [6.45, 7) is 12.3. The van der Waals surface area contributed by atoms with Gasteiger partial charge in [0.15, 0.2) is 0 Å². The number of pyridine rings is 1. The highest BCUT2D eigenvalue weighted by atomic mass is 16.5. The van der Waals surface area contributed by atoms with Crippen molar-refractivity contribution in [2.24, 2.45) is 0 Å². The standard InChI is InChI=1S/C21H31N7O/c1-2-18-20(17-3-4-19(22)23-15-17)21(25-16-24-18)28-9-7-26(8-10-28)5-6-27-11-13-29-14-12-27/h3-4,15-16H,2,5-14H2,1H3,(H2,22,23). The summed E-state index contributed by atoms with van der Waals surface area (Å²) in [4.78, 5) is 20.9. The number of morpholine rings is 1. The van der Waals surface area contributed by atoms with Gasteiger partial charge in [0.05, 0.1) is 18.9 Å². The summed E-state index contributed by atoms with van der Waals surface area (Å²) < 4.78 is 5.44. The van der Waals surface area contributed by atoms with Crippen LogP contribution in [0.1, 0.15) is 12.6 Å². The van der Waals surface area contributed by atoms with Crippen LogP contribution in [0, 0.1) is 0 Å². The highest BCUT2D eigenvalue weighted by molar-refractivity contribution is 5.78. The molecule has 2 aliphatic rings. The van der Waals surface area contributed by atoms with E-state index in [0.29, 0.717) is 5.82 Å². The van der Waals surface area contributed by atoms with E-state index in [1.807, 2.05) is 18.3 Å². The van der Waals surface area contributed by atoms with Crippen molar-refractivity contribution in [3.63, 3.8) is 0 Å². The lowest BCUT2D eigenvalue weighted by Gasteiger charge is -2.37. The first-order chi connectivity index (χ1) is 14.2. The van der Waals surface area contributed by atoms with Gasteiger partial charge in [-0.25, -0.2) is 15.0 Å². The van der Waals surface area contributed by atoms with E-state index in [2.05, 4.69) is 36.6 Å². The predicted molar refractivity (Wildman–Crippen MR) is 115 cm³/mol. The molecular weight excluding hydrogens is 366 g/mol. The second-order valence-electron chi connectivity index (χ2n) is 7.63. The predicted octanol–water partition coefficient (Wildman–Crippen LogP) is 1.14. The van der Waals surface area contributed by atoms with Gasteiger partial charge in [-0.3, -0.25) is 9.80 Å². The number of rotatable bonds is 6. The number of nitrogen functional groups attached to an aromatic ring is 1. The molecule has 156 valence electrons. The minimum Gasteiger partial charge on any atom is -0.384 e. The first-order valence-electron chi connectivity index (χ1n) is 10.6.